The van der Waals surface area contributed by atoms with Crippen molar-refractivity contribution in [2.45, 2.75) is 70.0 Å². The van der Waals surface area contributed by atoms with Gasteiger partial charge in [0.1, 0.15) is 22.8 Å². The minimum Gasteiger partial charge on any atom is -0.489 e. The van der Waals surface area contributed by atoms with Gasteiger partial charge in [-0.15, -0.1) is 0 Å². The first-order valence-corrected chi connectivity index (χ1v) is 18.1. The highest BCUT2D eigenvalue weighted by atomic mass is 35.5. The Bertz CT molecular complexity index is 1840. The van der Waals surface area contributed by atoms with E-state index in [2.05, 4.69) is 14.7 Å². The zero-order chi connectivity index (χ0) is 36.1. The van der Waals surface area contributed by atoms with E-state index in [0.29, 0.717) is 31.6 Å². The molecule has 4 rings (SSSR count). The Morgan fingerprint density at radius 3 is 2.39 bits per heavy atom. The van der Waals surface area contributed by atoms with Crippen LogP contribution in [0.1, 0.15) is 49.9 Å². The number of carbonyl (C=O) groups is 2. The number of pyridine rings is 1. The molecule has 266 valence electrons. The van der Waals surface area contributed by atoms with Crippen molar-refractivity contribution in [2.24, 2.45) is 22.2 Å². The summed E-state index contributed by atoms with van der Waals surface area (Å²) in [6, 6.07) is 9.51. The average molecular weight is 736 g/mol. The molecule has 0 unspecified atom stereocenters. The number of nitrogens with one attached hydrogen (secondary N) is 1. The van der Waals surface area contributed by atoms with Crippen LogP contribution in [0, 0.1) is 13.8 Å². The number of aliphatic imine (C=N–C) groups is 1. The zero-order valence-corrected chi connectivity index (χ0v) is 30.5. The maximum Gasteiger partial charge on any atom is 0.243 e. The number of hydrogen-bond donors (Lipinski definition) is 4. The van der Waals surface area contributed by atoms with E-state index in [0.717, 1.165) is 22.2 Å². The molecule has 1 saturated heterocycles. The molecule has 3 aromatic rings. The number of halogens is 2. The van der Waals surface area contributed by atoms with Gasteiger partial charge in [-0.05, 0) is 88.9 Å². The van der Waals surface area contributed by atoms with Gasteiger partial charge in [0.15, 0.2) is 5.96 Å². The largest absolute Gasteiger partial charge is 0.489 e. The number of amides is 2. The number of unbranched alkanes of at least 4 members (excludes halogenated alkanes) is 1. The van der Waals surface area contributed by atoms with Crippen molar-refractivity contribution in [3.63, 3.8) is 0 Å². The van der Waals surface area contributed by atoms with Crippen LogP contribution in [-0.2, 0) is 26.2 Å². The summed E-state index contributed by atoms with van der Waals surface area (Å²) in [5, 5.41) is 1.04. The highest BCUT2D eigenvalue weighted by molar-refractivity contribution is 7.89. The average Bonchev–Trinajstić information content (AvgIpc) is 3.03. The Labute approximate surface area is 297 Å². The first-order chi connectivity index (χ1) is 23.0. The molecule has 16 heteroatoms. The van der Waals surface area contributed by atoms with Crippen molar-refractivity contribution in [3.8, 4) is 5.75 Å². The minimum absolute atomic E-state index is 0.0221. The topological polar surface area (TPSA) is 199 Å². The Hall–Kier alpha value is -3.69. The molecule has 0 radical (unpaired) electrons. The Morgan fingerprint density at radius 2 is 1.71 bits per heavy atom. The number of carbonyl (C=O) groups excluding carboxylic acids is 2. The number of aromatic nitrogens is 1. The molecule has 7 N–H and O–H groups in total. The predicted molar refractivity (Wildman–Crippen MR) is 192 cm³/mol. The second-order valence-corrected chi connectivity index (χ2v) is 15.1. The first-order valence-electron chi connectivity index (χ1n) is 15.9. The van der Waals surface area contributed by atoms with Crippen molar-refractivity contribution < 1.29 is 22.7 Å². The maximum atomic E-state index is 13.6. The van der Waals surface area contributed by atoms with Crippen molar-refractivity contribution in [3.05, 3.63) is 63.3 Å². The molecule has 1 atom stereocenters. The molecule has 1 aromatic heterocycles. The Morgan fingerprint density at radius 1 is 1.04 bits per heavy atom. The number of aryl methyl sites for hydroxylation is 2. The zero-order valence-electron chi connectivity index (χ0n) is 28.1. The Kier molecular flexibility index (Phi) is 12.4. The van der Waals surface area contributed by atoms with Gasteiger partial charge in [0.05, 0.1) is 16.6 Å². The fourth-order valence-electron chi connectivity index (χ4n) is 5.71. The van der Waals surface area contributed by atoms with E-state index >= 15 is 0 Å². The van der Waals surface area contributed by atoms with Gasteiger partial charge in [0.2, 0.25) is 21.8 Å². The monoisotopic (exact) mass is 734 g/mol. The first kappa shape index (κ1) is 38.1. The summed E-state index contributed by atoms with van der Waals surface area (Å²) in [5.41, 5.74) is 18.3. The number of ether oxygens (including phenoxy) is 1. The third kappa shape index (κ3) is 9.51. The molecule has 0 bridgehead atoms. The summed E-state index contributed by atoms with van der Waals surface area (Å²) < 4.78 is 35.8. The summed E-state index contributed by atoms with van der Waals surface area (Å²) >= 11 is 13.1. The highest BCUT2D eigenvalue weighted by Gasteiger charge is 2.39. The second-order valence-electron chi connectivity index (χ2n) is 12.6. The molecule has 0 aliphatic carbocycles. The number of piperazine rings is 1. The van der Waals surface area contributed by atoms with Crippen molar-refractivity contribution in [1.82, 2.24) is 19.5 Å². The molecule has 13 nitrogen and oxygen atoms in total. The number of hydrogen-bond acceptors (Lipinski definition) is 8. The van der Waals surface area contributed by atoms with Crippen molar-refractivity contribution in [1.29, 1.82) is 0 Å². The van der Waals surface area contributed by atoms with Gasteiger partial charge >= 0.3 is 0 Å². The summed E-state index contributed by atoms with van der Waals surface area (Å²) in [6.45, 7) is 8.24. The van der Waals surface area contributed by atoms with Crippen LogP contribution >= 0.6 is 23.2 Å². The van der Waals surface area contributed by atoms with Crippen LogP contribution in [0.4, 0.5) is 0 Å². The van der Waals surface area contributed by atoms with Gasteiger partial charge in [-0.2, -0.15) is 4.72 Å². The fourth-order valence-corrected chi connectivity index (χ4v) is 7.96. The van der Waals surface area contributed by atoms with Crippen molar-refractivity contribution in [2.75, 3.05) is 32.7 Å². The highest BCUT2D eigenvalue weighted by Crippen LogP contribution is 2.33. The number of sulfonamides is 1. The van der Waals surface area contributed by atoms with Gasteiger partial charge in [-0.3, -0.25) is 19.6 Å². The lowest BCUT2D eigenvalue weighted by molar-refractivity contribution is -0.143. The van der Waals surface area contributed by atoms with Gasteiger partial charge in [0, 0.05) is 54.4 Å². The molecule has 2 amide bonds. The summed E-state index contributed by atoms with van der Waals surface area (Å²) in [6.07, 6.45) is 1.87. The molecule has 0 saturated carbocycles. The standard InChI is InChI=1S/C33H44Cl2N8O5S/c1-20-17-21(2)40-27-10-8-22(18-23(20)27)48-19-24-25(34)9-11-28(29(24)35)49(46,47)41-33(3,4)31(45)43-15-13-42(14-16-43)30(44)26(36)7-5-6-12-39-32(37)38/h8-11,17-18,26,41H,5-7,12-16,19,36H2,1-4H3,(H4,37,38,39)/t26-/m0/s1. The van der Waals surface area contributed by atoms with Crippen LogP contribution in [0.2, 0.25) is 10.0 Å². The molecule has 1 aliphatic rings. The molecule has 2 heterocycles. The van der Waals surface area contributed by atoms with Crippen LogP contribution in [0.3, 0.4) is 0 Å². The van der Waals surface area contributed by atoms with E-state index < -0.39 is 27.5 Å². The molecule has 1 fully saturated rings. The second kappa shape index (κ2) is 15.9. The number of benzene rings is 2. The number of rotatable bonds is 13. The van der Waals surface area contributed by atoms with Gasteiger partial charge < -0.3 is 31.7 Å². The molecule has 1 aliphatic heterocycles. The number of nitrogens with two attached hydrogens (primary N) is 3. The van der Waals surface area contributed by atoms with E-state index in [-0.39, 0.29) is 65.2 Å². The lowest BCUT2D eigenvalue weighted by Crippen LogP contribution is -2.61. The molecule has 49 heavy (non-hydrogen) atoms. The van der Waals surface area contributed by atoms with E-state index in [9.17, 15) is 18.0 Å². The number of guanidine groups is 1. The predicted octanol–water partition coefficient (Wildman–Crippen LogP) is 3.24. The van der Waals surface area contributed by atoms with E-state index in [1.807, 2.05) is 32.0 Å². The molecular weight excluding hydrogens is 691 g/mol. The third-order valence-corrected chi connectivity index (χ3v) is 10.9. The van der Waals surface area contributed by atoms with Crippen LogP contribution < -0.4 is 26.7 Å². The SMILES string of the molecule is Cc1cc(C)c2cc(OCc3c(Cl)ccc(S(=O)(=O)NC(C)(C)C(=O)N4CCN(C(=O)[C@@H](N)CCCCN=C(N)N)CC4)c3Cl)ccc2n1. The van der Waals surface area contributed by atoms with E-state index in [1.165, 1.54) is 30.9 Å². The van der Waals surface area contributed by atoms with Gasteiger partial charge in [0.25, 0.3) is 0 Å². The van der Waals surface area contributed by atoms with Crippen LogP contribution in [0.15, 0.2) is 46.3 Å². The van der Waals surface area contributed by atoms with E-state index in [4.69, 9.17) is 45.1 Å². The van der Waals surface area contributed by atoms with Gasteiger partial charge in [-0.25, -0.2) is 8.42 Å². The lowest BCUT2D eigenvalue weighted by Gasteiger charge is -2.39. The molecule has 2 aromatic carbocycles. The van der Waals surface area contributed by atoms with Crippen LogP contribution in [0.5, 0.6) is 5.75 Å². The Balaban J connectivity index is 1.37. The van der Waals surface area contributed by atoms with E-state index in [1.54, 1.807) is 11.0 Å². The summed E-state index contributed by atoms with van der Waals surface area (Å²) in [4.78, 5) is 37.8. The van der Waals surface area contributed by atoms with Crippen molar-refractivity contribution >= 4 is 61.9 Å². The fraction of sp³-hybridized carbons (Fsp3) is 0.455. The smallest absolute Gasteiger partial charge is 0.243 e. The number of fused-ring (bicyclic) bond motifs is 1. The summed E-state index contributed by atoms with van der Waals surface area (Å²) in [7, 11) is -4.30. The van der Waals surface area contributed by atoms with Crippen LogP contribution in [-0.4, -0.2) is 85.3 Å². The lowest BCUT2D eigenvalue weighted by atomic mass is 10.0. The van der Waals surface area contributed by atoms with Gasteiger partial charge in [-0.1, -0.05) is 23.2 Å². The van der Waals surface area contributed by atoms with Crippen LogP contribution in [0.25, 0.3) is 10.9 Å². The number of nitrogens with zero attached hydrogens (tertiary/aromatic N) is 4. The normalized spacial score (nSPS) is 14.5. The summed E-state index contributed by atoms with van der Waals surface area (Å²) in [5.74, 6) is -0.0883. The molecule has 0 spiro atoms. The maximum absolute atomic E-state index is 13.6. The third-order valence-electron chi connectivity index (χ3n) is 8.28. The molecular formula is C33H44Cl2N8O5S. The minimum atomic E-state index is -4.30. The quantitative estimate of drug-likeness (QED) is 0.116.